The zero-order chi connectivity index (χ0) is 12.3. The predicted molar refractivity (Wildman–Crippen MR) is 67.3 cm³/mol. The van der Waals surface area contributed by atoms with Gasteiger partial charge >= 0.3 is 5.97 Å². The minimum Gasteiger partial charge on any atom is -0.465 e. The van der Waals surface area contributed by atoms with Crippen LogP contribution in [-0.4, -0.2) is 31.9 Å². The van der Waals surface area contributed by atoms with Crippen molar-refractivity contribution in [3.63, 3.8) is 0 Å². The maximum atomic E-state index is 11.4. The SMILES string of the molecule is COC(=O)c1cc(CSCC2CNC2)oc1C. The van der Waals surface area contributed by atoms with Crippen molar-refractivity contribution in [3.8, 4) is 0 Å². The Morgan fingerprint density at radius 2 is 2.41 bits per heavy atom. The molecule has 0 unspecified atom stereocenters. The summed E-state index contributed by atoms with van der Waals surface area (Å²) < 4.78 is 10.2. The first-order valence-corrected chi connectivity index (χ1v) is 6.82. The van der Waals surface area contributed by atoms with Crippen LogP contribution in [0, 0.1) is 12.8 Å². The molecule has 2 heterocycles. The molecule has 1 N–H and O–H groups in total. The third-order valence-corrected chi connectivity index (χ3v) is 4.03. The second-order valence-electron chi connectivity index (χ2n) is 4.21. The molecule has 1 aliphatic rings. The van der Waals surface area contributed by atoms with Gasteiger partial charge in [-0.1, -0.05) is 0 Å². The van der Waals surface area contributed by atoms with E-state index in [1.54, 1.807) is 13.0 Å². The summed E-state index contributed by atoms with van der Waals surface area (Å²) in [6.07, 6.45) is 0. The van der Waals surface area contributed by atoms with Crippen LogP contribution in [-0.2, 0) is 10.5 Å². The van der Waals surface area contributed by atoms with Crippen LogP contribution in [0.25, 0.3) is 0 Å². The van der Waals surface area contributed by atoms with Crippen molar-refractivity contribution >= 4 is 17.7 Å². The van der Waals surface area contributed by atoms with Crippen molar-refractivity contribution in [1.82, 2.24) is 5.32 Å². The number of ether oxygens (including phenoxy) is 1. The maximum absolute atomic E-state index is 11.4. The number of nitrogens with one attached hydrogen (secondary N) is 1. The molecule has 1 aromatic heterocycles. The number of carbonyl (C=O) groups excluding carboxylic acids is 1. The van der Waals surface area contributed by atoms with Gasteiger partial charge in [0.1, 0.15) is 17.1 Å². The third-order valence-electron chi connectivity index (χ3n) is 2.84. The molecule has 17 heavy (non-hydrogen) atoms. The van der Waals surface area contributed by atoms with E-state index in [4.69, 9.17) is 4.42 Å². The maximum Gasteiger partial charge on any atom is 0.341 e. The Labute approximate surface area is 105 Å². The van der Waals surface area contributed by atoms with E-state index in [-0.39, 0.29) is 5.97 Å². The normalized spacial score (nSPS) is 15.6. The van der Waals surface area contributed by atoms with Gasteiger partial charge in [-0.05, 0) is 37.8 Å². The topological polar surface area (TPSA) is 51.5 Å². The zero-order valence-corrected chi connectivity index (χ0v) is 10.9. The number of carbonyl (C=O) groups is 1. The van der Waals surface area contributed by atoms with Crippen LogP contribution in [0.5, 0.6) is 0 Å². The zero-order valence-electron chi connectivity index (χ0n) is 10.1. The molecule has 0 atom stereocenters. The smallest absolute Gasteiger partial charge is 0.341 e. The Hall–Kier alpha value is -0.940. The van der Waals surface area contributed by atoms with E-state index in [9.17, 15) is 4.79 Å². The summed E-state index contributed by atoms with van der Waals surface area (Å²) in [7, 11) is 1.38. The van der Waals surface area contributed by atoms with E-state index < -0.39 is 0 Å². The molecule has 1 aromatic rings. The van der Waals surface area contributed by atoms with Crippen LogP contribution in [0.15, 0.2) is 10.5 Å². The molecule has 4 nitrogen and oxygen atoms in total. The van der Waals surface area contributed by atoms with Gasteiger partial charge in [0.2, 0.25) is 0 Å². The summed E-state index contributed by atoms with van der Waals surface area (Å²) in [6.45, 7) is 4.03. The number of thioether (sulfide) groups is 1. The van der Waals surface area contributed by atoms with Crippen LogP contribution >= 0.6 is 11.8 Å². The van der Waals surface area contributed by atoms with Gasteiger partial charge in [-0.25, -0.2) is 4.79 Å². The van der Waals surface area contributed by atoms with Gasteiger partial charge in [0.15, 0.2) is 0 Å². The van der Waals surface area contributed by atoms with Crippen LogP contribution in [0.2, 0.25) is 0 Å². The van der Waals surface area contributed by atoms with Crippen LogP contribution in [0.3, 0.4) is 0 Å². The van der Waals surface area contributed by atoms with Gasteiger partial charge in [-0.3, -0.25) is 0 Å². The summed E-state index contributed by atoms with van der Waals surface area (Å²) in [6, 6.07) is 1.78. The Morgan fingerprint density at radius 3 is 3.00 bits per heavy atom. The Morgan fingerprint density at radius 1 is 1.65 bits per heavy atom. The first kappa shape index (κ1) is 12.5. The lowest BCUT2D eigenvalue weighted by Gasteiger charge is -2.26. The first-order valence-electron chi connectivity index (χ1n) is 5.66. The lowest BCUT2D eigenvalue weighted by molar-refractivity contribution is 0.0599. The minimum absolute atomic E-state index is 0.328. The number of esters is 1. The van der Waals surface area contributed by atoms with Crippen molar-refractivity contribution in [3.05, 3.63) is 23.2 Å². The Balaban J connectivity index is 1.85. The first-order chi connectivity index (χ1) is 8.20. The standard InChI is InChI=1S/C12H17NO3S/c1-8-11(12(14)15-2)3-10(16-8)7-17-6-9-4-13-5-9/h3,9,13H,4-7H2,1-2H3. The van der Waals surface area contributed by atoms with E-state index in [1.165, 1.54) is 7.11 Å². The summed E-state index contributed by atoms with van der Waals surface area (Å²) in [5.41, 5.74) is 0.536. The average molecular weight is 255 g/mol. The van der Waals surface area contributed by atoms with Crippen LogP contribution in [0.4, 0.5) is 0 Å². The van der Waals surface area contributed by atoms with E-state index in [2.05, 4.69) is 10.1 Å². The minimum atomic E-state index is -0.328. The van der Waals surface area contributed by atoms with Crippen molar-refractivity contribution in [1.29, 1.82) is 0 Å². The molecular formula is C12H17NO3S. The quantitative estimate of drug-likeness (QED) is 0.813. The Kier molecular flexibility index (Phi) is 4.12. The highest BCUT2D eigenvalue weighted by Crippen LogP contribution is 2.22. The van der Waals surface area contributed by atoms with E-state index in [1.807, 2.05) is 11.8 Å². The molecule has 0 bridgehead atoms. The lowest BCUT2D eigenvalue weighted by Crippen LogP contribution is -2.43. The number of hydrogen-bond donors (Lipinski definition) is 1. The highest BCUT2D eigenvalue weighted by Gasteiger charge is 2.18. The second-order valence-corrected chi connectivity index (χ2v) is 5.24. The van der Waals surface area contributed by atoms with Crippen molar-refractivity contribution in [2.24, 2.45) is 5.92 Å². The number of rotatable bonds is 5. The molecule has 0 aromatic carbocycles. The third kappa shape index (κ3) is 3.04. The van der Waals surface area contributed by atoms with Gasteiger partial charge < -0.3 is 14.5 Å². The molecule has 0 radical (unpaired) electrons. The molecule has 0 amide bonds. The molecule has 2 rings (SSSR count). The molecule has 0 saturated carbocycles. The summed E-state index contributed by atoms with van der Waals surface area (Å²) >= 11 is 1.85. The van der Waals surface area contributed by atoms with Crippen molar-refractivity contribution in [2.45, 2.75) is 12.7 Å². The van der Waals surface area contributed by atoms with Crippen LogP contribution < -0.4 is 5.32 Å². The monoisotopic (exact) mass is 255 g/mol. The predicted octanol–water partition coefficient (Wildman–Crippen LogP) is 1.83. The van der Waals surface area contributed by atoms with E-state index in [0.717, 1.165) is 36.3 Å². The van der Waals surface area contributed by atoms with E-state index >= 15 is 0 Å². The number of methoxy groups -OCH3 is 1. The molecule has 5 heteroatoms. The molecule has 94 valence electrons. The summed E-state index contributed by atoms with van der Waals surface area (Å²) in [4.78, 5) is 11.4. The van der Waals surface area contributed by atoms with Crippen molar-refractivity contribution < 1.29 is 13.9 Å². The number of furan rings is 1. The molecule has 1 aliphatic heterocycles. The lowest BCUT2D eigenvalue weighted by atomic mass is 10.1. The highest BCUT2D eigenvalue weighted by atomic mass is 32.2. The Bertz CT molecular complexity index is 398. The van der Waals surface area contributed by atoms with Gasteiger partial charge in [0.05, 0.1) is 12.9 Å². The molecule has 1 saturated heterocycles. The molecule has 0 aliphatic carbocycles. The fourth-order valence-corrected chi connectivity index (χ4v) is 2.75. The van der Waals surface area contributed by atoms with Gasteiger partial charge in [-0.15, -0.1) is 0 Å². The molecule has 1 fully saturated rings. The fraction of sp³-hybridized carbons (Fsp3) is 0.583. The van der Waals surface area contributed by atoms with Crippen molar-refractivity contribution in [2.75, 3.05) is 26.0 Å². The number of aryl methyl sites for hydroxylation is 1. The summed E-state index contributed by atoms with van der Waals surface area (Å²) in [5.74, 6) is 3.90. The number of hydrogen-bond acceptors (Lipinski definition) is 5. The van der Waals surface area contributed by atoms with Gasteiger partial charge in [-0.2, -0.15) is 11.8 Å². The van der Waals surface area contributed by atoms with Crippen LogP contribution in [0.1, 0.15) is 21.9 Å². The fourth-order valence-electron chi connectivity index (χ4n) is 1.72. The highest BCUT2D eigenvalue weighted by molar-refractivity contribution is 7.98. The van der Waals surface area contributed by atoms with Gasteiger partial charge in [0, 0.05) is 0 Å². The second kappa shape index (κ2) is 5.60. The van der Waals surface area contributed by atoms with Gasteiger partial charge in [0.25, 0.3) is 0 Å². The molecular weight excluding hydrogens is 238 g/mol. The largest absolute Gasteiger partial charge is 0.465 e. The average Bonchev–Trinajstić information content (AvgIpc) is 2.62. The van der Waals surface area contributed by atoms with E-state index in [0.29, 0.717) is 11.3 Å². The summed E-state index contributed by atoms with van der Waals surface area (Å²) in [5, 5.41) is 3.25. The molecule has 0 spiro atoms.